The Labute approximate surface area is 194 Å². The van der Waals surface area contributed by atoms with Gasteiger partial charge in [-0.25, -0.2) is 4.79 Å². The molecular formula is C21H22ClN5O4S. The summed E-state index contributed by atoms with van der Waals surface area (Å²) in [7, 11) is 3.07. The fourth-order valence-electron chi connectivity index (χ4n) is 2.77. The summed E-state index contributed by atoms with van der Waals surface area (Å²) in [5, 5.41) is 14.3. The first-order valence-corrected chi connectivity index (χ1v) is 10.9. The summed E-state index contributed by atoms with van der Waals surface area (Å²) in [6.45, 7) is 0.655. The zero-order valence-electron chi connectivity index (χ0n) is 17.5. The quantitative estimate of drug-likeness (QED) is 0.361. The third kappa shape index (κ3) is 6.00. The molecule has 1 aromatic heterocycles. The van der Waals surface area contributed by atoms with Gasteiger partial charge < -0.3 is 14.8 Å². The number of halogens is 1. The maximum Gasteiger partial charge on any atom is 0.321 e. The maximum absolute atomic E-state index is 12.2. The van der Waals surface area contributed by atoms with Gasteiger partial charge in [0.05, 0.1) is 30.2 Å². The molecule has 3 aromatic rings. The number of rotatable bonds is 9. The van der Waals surface area contributed by atoms with Crippen LogP contribution in [0.1, 0.15) is 0 Å². The summed E-state index contributed by atoms with van der Waals surface area (Å²) >= 11 is 7.48. The molecule has 0 atom stereocenters. The number of methoxy groups -OCH3 is 2. The second-order valence-corrected chi connectivity index (χ2v) is 7.76. The number of benzene rings is 2. The van der Waals surface area contributed by atoms with Crippen LogP contribution in [0.2, 0.25) is 5.02 Å². The highest BCUT2D eigenvalue weighted by Crippen LogP contribution is 2.32. The van der Waals surface area contributed by atoms with E-state index < -0.39 is 11.9 Å². The zero-order chi connectivity index (χ0) is 22.9. The highest BCUT2D eigenvalue weighted by Gasteiger charge is 2.19. The Balaban J connectivity index is 1.82. The number of amides is 3. The minimum absolute atomic E-state index is 0.0332. The summed E-state index contributed by atoms with van der Waals surface area (Å²) in [6, 6.07) is 14.3. The third-order valence-electron chi connectivity index (χ3n) is 4.24. The average molecular weight is 476 g/mol. The van der Waals surface area contributed by atoms with Crippen molar-refractivity contribution in [1.29, 1.82) is 0 Å². The standard InChI is InChI=1S/C21H22ClN5O4S/c1-30-11-10-23-20(29)24-18(28)13-32-21-26-25-19(14-6-4-3-5-7-14)27(21)15-8-9-17(31-2)16(22)12-15/h3-9,12H,10-11,13H2,1-2H3,(H2,23,24,28,29). The molecule has 0 radical (unpaired) electrons. The van der Waals surface area contributed by atoms with Gasteiger partial charge in [-0.15, -0.1) is 10.2 Å². The number of ether oxygens (including phenoxy) is 2. The molecule has 0 saturated heterocycles. The summed E-state index contributed by atoms with van der Waals surface area (Å²) in [5.74, 6) is 0.632. The topological polar surface area (TPSA) is 107 Å². The number of imide groups is 1. The lowest BCUT2D eigenvalue weighted by Crippen LogP contribution is -2.41. The van der Waals surface area contributed by atoms with Gasteiger partial charge in [-0.3, -0.25) is 14.7 Å². The molecule has 1 heterocycles. The molecule has 32 heavy (non-hydrogen) atoms. The van der Waals surface area contributed by atoms with E-state index in [1.807, 2.05) is 36.4 Å². The van der Waals surface area contributed by atoms with Crippen molar-refractivity contribution in [2.45, 2.75) is 5.16 Å². The molecule has 0 aliphatic carbocycles. The number of aromatic nitrogens is 3. The van der Waals surface area contributed by atoms with Crippen LogP contribution in [0.4, 0.5) is 4.79 Å². The highest BCUT2D eigenvalue weighted by molar-refractivity contribution is 7.99. The van der Waals surface area contributed by atoms with E-state index >= 15 is 0 Å². The first-order valence-electron chi connectivity index (χ1n) is 9.57. The minimum atomic E-state index is -0.582. The predicted octanol–water partition coefficient (Wildman–Crippen LogP) is 3.16. The highest BCUT2D eigenvalue weighted by atomic mass is 35.5. The van der Waals surface area contributed by atoms with Crippen LogP contribution in [-0.4, -0.2) is 59.8 Å². The van der Waals surface area contributed by atoms with E-state index in [0.717, 1.165) is 17.3 Å². The molecule has 9 nitrogen and oxygen atoms in total. The van der Waals surface area contributed by atoms with E-state index in [2.05, 4.69) is 20.8 Å². The summed E-state index contributed by atoms with van der Waals surface area (Å²) < 4.78 is 11.9. The third-order valence-corrected chi connectivity index (χ3v) is 5.46. The van der Waals surface area contributed by atoms with Crippen molar-refractivity contribution in [3.63, 3.8) is 0 Å². The molecule has 0 saturated carbocycles. The predicted molar refractivity (Wildman–Crippen MR) is 122 cm³/mol. The molecule has 0 unspecified atom stereocenters. The lowest BCUT2D eigenvalue weighted by atomic mass is 10.2. The van der Waals surface area contributed by atoms with Crippen molar-refractivity contribution >= 4 is 35.3 Å². The Hall–Kier alpha value is -3.08. The monoisotopic (exact) mass is 475 g/mol. The number of carbonyl (C=O) groups excluding carboxylic acids is 2. The Morgan fingerprint density at radius 2 is 1.91 bits per heavy atom. The number of carbonyl (C=O) groups is 2. The van der Waals surface area contributed by atoms with Crippen molar-refractivity contribution in [3.8, 4) is 22.8 Å². The Bertz CT molecular complexity index is 1080. The van der Waals surface area contributed by atoms with Crippen LogP contribution in [0, 0.1) is 0 Å². The molecule has 0 bridgehead atoms. The first kappa shape index (κ1) is 23.6. The Kier molecular flexibility index (Phi) is 8.48. The van der Waals surface area contributed by atoms with Crippen molar-refractivity contribution in [3.05, 3.63) is 53.6 Å². The number of nitrogens with zero attached hydrogens (tertiary/aromatic N) is 3. The first-order chi connectivity index (χ1) is 15.5. The Morgan fingerprint density at radius 3 is 2.59 bits per heavy atom. The van der Waals surface area contributed by atoms with Gasteiger partial charge in [-0.05, 0) is 18.2 Å². The molecule has 2 aromatic carbocycles. The van der Waals surface area contributed by atoms with Crippen molar-refractivity contribution in [2.24, 2.45) is 0 Å². The van der Waals surface area contributed by atoms with Gasteiger partial charge in [0, 0.05) is 19.2 Å². The molecule has 3 amide bonds. The molecular weight excluding hydrogens is 454 g/mol. The van der Waals surface area contributed by atoms with Crippen LogP contribution in [0.15, 0.2) is 53.7 Å². The van der Waals surface area contributed by atoms with E-state index in [1.54, 1.807) is 23.8 Å². The largest absolute Gasteiger partial charge is 0.495 e. The van der Waals surface area contributed by atoms with Crippen LogP contribution in [0.5, 0.6) is 5.75 Å². The van der Waals surface area contributed by atoms with Gasteiger partial charge in [-0.1, -0.05) is 53.7 Å². The molecule has 3 rings (SSSR count). The smallest absolute Gasteiger partial charge is 0.321 e. The van der Waals surface area contributed by atoms with Crippen LogP contribution in [-0.2, 0) is 9.53 Å². The van der Waals surface area contributed by atoms with Crippen molar-refractivity contribution in [2.75, 3.05) is 33.1 Å². The molecule has 0 spiro atoms. The van der Waals surface area contributed by atoms with E-state index in [9.17, 15) is 9.59 Å². The fraction of sp³-hybridized carbons (Fsp3) is 0.238. The Morgan fingerprint density at radius 1 is 1.12 bits per heavy atom. The van der Waals surface area contributed by atoms with E-state index in [4.69, 9.17) is 21.1 Å². The van der Waals surface area contributed by atoms with Crippen molar-refractivity contribution < 1.29 is 19.1 Å². The van der Waals surface area contributed by atoms with Crippen molar-refractivity contribution in [1.82, 2.24) is 25.4 Å². The van der Waals surface area contributed by atoms with Crippen LogP contribution in [0.25, 0.3) is 17.1 Å². The maximum atomic E-state index is 12.2. The number of hydrogen-bond donors (Lipinski definition) is 2. The fourth-order valence-corrected chi connectivity index (χ4v) is 3.77. The summed E-state index contributed by atoms with van der Waals surface area (Å²) in [5.41, 5.74) is 1.56. The van der Waals surface area contributed by atoms with E-state index in [0.29, 0.717) is 40.6 Å². The molecule has 0 aliphatic rings. The average Bonchev–Trinajstić information content (AvgIpc) is 3.22. The van der Waals surface area contributed by atoms with E-state index in [1.165, 1.54) is 7.11 Å². The summed E-state index contributed by atoms with van der Waals surface area (Å²) in [6.07, 6.45) is 0. The molecule has 0 aliphatic heterocycles. The van der Waals surface area contributed by atoms with Gasteiger partial charge in [-0.2, -0.15) is 0 Å². The normalized spacial score (nSPS) is 10.6. The lowest BCUT2D eigenvalue weighted by molar-refractivity contribution is -0.117. The zero-order valence-corrected chi connectivity index (χ0v) is 19.1. The molecule has 0 fully saturated rings. The number of hydrogen-bond acceptors (Lipinski definition) is 7. The van der Waals surface area contributed by atoms with Gasteiger partial charge in [0.1, 0.15) is 5.75 Å². The lowest BCUT2D eigenvalue weighted by Gasteiger charge is -2.12. The SMILES string of the molecule is COCCNC(=O)NC(=O)CSc1nnc(-c2ccccc2)n1-c1ccc(OC)c(Cl)c1. The van der Waals surface area contributed by atoms with Crippen LogP contribution in [0.3, 0.4) is 0 Å². The minimum Gasteiger partial charge on any atom is -0.495 e. The number of urea groups is 1. The second kappa shape index (κ2) is 11.5. The second-order valence-electron chi connectivity index (χ2n) is 6.41. The molecule has 2 N–H and O–H groups in total. The van der Waals surface area contributed by atoms with Gasteiger partial charge in [0.2, 0.25) is 5.91 Å². The summed E-state index contributed by atoms with van der Waals surface area (Å²) in [4.78, 5) is 24.0. The van der Waals surface area contributed by atoms with Crippen LogP contribution < -0.4 is 15.4 Å². The number of nitrogens with one attached hydrogen (secondary N) is 2. The van der Waals surface area contributed by atoms with Crippen LogP contribution >= 0.6 is 23.4 Å². The van der Waals surface area contributed by atoms with Gasteiger partial charge in [0.15, 0.2) is 11.0 Å². The van der Waals surface area contributed by atoms with E-state index in [-0.39, 0.29) is 5.75 Å². The van der Waals surface area contributed by atoms with Gasteiger partial charge >= 0.3 is 6.03 Å². The molecule has 168 valence electrons. The molecule has 11 heteroatoms. The van der Waals surface area contributed by atoms with Gasteiger partial charge in [0.25, 0.3) is 0 Å². The number of thioether (sulfide) groups is 1.